The summed E-state index contributed by atoms with van der Waals surface area (Å²) in [6.45, 7) is 2.09. The fraction of sp³-hybridized carbons (Fsp3) is 0.231. The third-order valence-electron chi connectivity index (χ3n) is 6.65. The molecule has 1 spiro atoms. The van der Waals surface area contributed by atoms with Crippen LogP contribution in [0.2, 0.25) is 0 Å². The number of hydrogen-bond acceptors (Lipinski definition) is 2. The molecule has 1 aromatic heterocycles. The summed E-state index contributed by atoms with van der Waals surface area (Å²) in [5, 5.41) is 8.92. The second-order valence-corrected chi connectivity index (χ2v) is 8.38. The van der Waals surface area contributed by atoms with Gasteiger partial charge in [-0.1, -0.05) is 60.7 Å². The van der Waals surface area contributed by atoms with Crippen LogP contribution in [0.3, 0.4) is 0 Å². The molecular weight excluding hydrogens is 354 g/mol. The highest BCUT2D eigenvalue weighted by Crippen LogP contribution is 2.51. The van der Waals surface area contributed by atoms with Crippen molar-refractivity contribution in [3.05, 3.63) is 89.5 Å². The minimum absolute atomic E-state index is 0.00143. The molecule has 3 aromatic carbocycles. The van der Waals surface area contributed by atoms with Gasteiger partial charge in [-0.05, 0) is 55.6 Å². The standard InChI is InChI=1S/C26H25N3/c1-2-7-18(8-3-1)17-19-9-6-12-22-23(19)25-24(20-10-4-5-11-21(20)28-25)26(29-22)13-15-27-16-14-26/h1-12,27-29H,13-17H2. The highest BCUT2D eigenvalue weighted by molar-refractivity contribution is 5.98. The van der Waals surface area contributed by atoms with Crippen molar-refractivity contribution in [1.82, 2.24) is 10.3 Å². The van der Waals surface area contributed by atoms with Crippen LogP contribution in [0.5, 0.6) is 0 Å². The van der Waals surface area contributed by atoms with E-state index in [1.165, 1.54) is 44.5 Å². The van der Waals surface area contributed by atoms with Gasteiger partial charge in [0.1, 0.15) is 0 Å². The Kier molecular flexibility index (Phi) is 3.78. The predicted octanol–water partition coefficient (Wildman–Crippen LogP) is 5.43. The molecule has 2 aliphatic rings. The van der Waals surface area contributed by atoms with Gasteiger partial charge in [-0.3, -0.25) is 0 Å². The third kappa shape index (κ3) is 2.61. The average molecular weight is 380 g/mol. The maximum Gasteiger partial charge on any atom is 0.0676 e. The zero-order valence-corrected chi connectivity index (χ0v) is 16.5. The SMILES string of the molecule is c1ccc(Cc2cccc3c2-c2[nH]c4ccccc4c2C2(CCNCC2)N3)cc1. The van der Waals surface area contributed by atoms with Crippen LogP contribution < -0.4 is 10.6 Å². The van der Waals surface area contributed by atoms with E-state index in [9.17, 15) is 0 Å². The van der Waals surface area contributed by atoms with Gasteiger partial charge >= 0.3 is 0 Å². The Morgan fingerprint density at radius 3 is 2.45 bits per heavy atom. The Labute approximate surface area is 171 Å². The van der Waals surface area contributed by atoms with Crippen molar-refractivity contribution < 1.29 is 0 Å². The number of H-pyrrole nitrogens is 1. The van der Waals surface area contributed by atoms with Gasteiger partial charge in [-0.25, -0.2) is 0 Å². The highest BCUT2D eigenvalue weighted by atomic mass is 15.1. The molecule has 3 heterocycles. The summed E-state index contributed by atoms with van der Waals surface area (Å²) in [6.07, 6.45) is 3.14. The quantitative estimate of drug-likeness (QED) is 0.435. The van der Waals surface area contributed by atoms with Crippen LogP contribution in [0.25, 0.3) is 22.2 Å². The van der Waals surface area contributed by atoms with Crippen LogP contribution in [-0.4, -0.2) is 18.1 Å². The van der Waals surface area contributed by atoms with Gasteiger partial charge in [0.05, 0.1) is 11.2 Å². The van der Waals surface area contributed by atoms with E-state index < -0.39 is 0 Å². The molecule has 1 saturated heterocycles. The van der Waals surface area contributed by atoms with Gasteiger partial charge in [0, 0.05) is 27.7 Å². The molecule has 0 aliphatic carbocycles. The third-order valence-corrected chi connectivity index (χ3v) is 6.65. The van der Waals surface area contributed by atoms with E-state index in [4.69, 9.17) is 0 Å². The molecule has 6 rings (SSSR count). The first-order valence-electron chi connectivity index (χ1n) is 10.6. The first-order valence-corrected chi connectivity index (χ1v) is 10.6. The van der Waals surface area contributed by atoms with Crippen LogP contribution >= 0.6 is 0 Å². The second-order valence-electron chi connectivity index (χ2n) is 8.38. The first kappa shape index (κ1) is 16.9. The van der Waals surface area contributed by atoms with Crippen molar-refractivity contribution in [3.8, 4) is 11.3 Å². The molecule has 29 heavy (non-hydrogen) atoms. The fourth-order valence-corrected chi connectivity index (χ4v) is 5.34. The molecule has 0 unspecified atom stereocenters. The lowest BCUT2D eigenvalue weighted by molar-refractivity contribution is 0.347. The summed E-state index contributed by atoms with van der Waals surface area (Å²) in [6, 6.07) is 26.3. The first-order chi connectivity index (χ1) is 14.3. The zero-order valence-electron chi connectivity index (χ0n) is 16.5. The smallest absolute Gasteiger partial charge is 0.0676 e. The molecule has 3 heteroatoms. The summed E-state index contributed by atoms with van der Waals surface area (Å²) >= 11 is 0. The Bertz CT molecular complexity index is 1180. The monoisotopic (exact) mass is 379 g/mol. The minimum Gasteiger partial charge on any atom is -0.375 e. The van der Waals surface area contributed by atoms with E-state index in [0.29, 0.717) is 0 Å². The Morgan fingerprint density at radius 2 is 1.59 bits per heavy atom. The maximum absolute atomic E-state index is 4.01. The molecule has 4 aromatic rings. The van der Waals surface area contributed by atoms with Gasteiger partial charge in [0.15, 0.2) is 0 Å². The van der Waals surface area contributed by atoms with Crippen LogP contribution in [0.4, 0.5) is 5.69 Å². The van der Waals surface area contributed by atoms with Gasteiger partial charge < -0.3 is 15.6 Å². The van der Waals surface area contributed by atoms with E-state index >= 15 is 0 Å². The Morgan fingerprint density at radius 1 is 0.793 bits per heavy atom. The number of fused-ring (bicyclic) bond motifs is 6. The molecule has 1 fully saturated rings. The number of aromatic amines is 1. The molecule has 3 nitrogen and oxygen atoms in total. The molecule has 144 valence electrons. The molecular formula is C26H25N3. The van der Waals surface area contributed by atoms with Crippen molar-refractivity contribution in [1.29, 1.82) is 0 Å². The second kappa shape index (κ2) is 6.50. The van der Waals surface area contributed by atoms with Gasteiger partial charge in [0.2, 0.25) is 0 Å². The van der Waals surface area contributed by atoms with Crippen LogP contribution in [0.15, 0.2) is 72.8 Å². The lowest BCUT2D eigenvalue weighted by atomic mass is 9.75. The molecule has 0 saturated carbocycles. The topological polar surface area (TPSA) is 39.9 Å². The summed E-state index contributed by atoms with van der Waals surface area (Å²) in [5.41, 5.74) is 9.33. The van der Waals surface area contributed by atoms with Gasteiger partial charge in [0.25, 0.3) is 0 Å². The molecule has 0 radical (unpaired) electrons. The number of rotatable bonds is 2. The van der Waals surface area contributed by atoms with E-state index in [-0.39, 0.29) is 5.54 Å². The molecule has 0 amide bonds. The van der Waals surface area contributed by atoms with Crippen molar-refractivity contribution in [2.24, 2.45) is 0 Å². The number of aromatic nitrogens is 1. The van der Waals surface area contributed by atoms with E-state index in [1.807, 2.05) is 0 Å². The summed E-state index contributed by atoms with van der Waals surface area (Å²) in [5.74, 6) is 0. The number of para-hydroxylation sites is 1. The minimum atomic E-state index is -0.00143. The summed E-state index contributed by atoms with van der Waals surface area (Å²) in [7, 11) is 0. The molecule has 0 bridgehead atoms. The molecule has 3 N–H and O–H groups in total. The summed E-state index contributed by atoms with van der Waals surface area (Å²) in [4.78, 5) is 3.81. The van der Waals surface area contributed by atoms with Crippen LogP contribution in [-0.2, 0) is 12.0 Å². The predicted molar refractivity (Wildman–Crippen MR) is 120 cm³/mol. The highest BCUT2D eigenvalue weighted by Gasteiger charge is 2.42. The number of anilines is 1. The normalized spacial score (nSPS) is 17.0. The lowest BCUT2D eigenvalue weighted by Crippen LogP contribution is -2.47. The van der Waals surface area contributed by atoms with Crippen molar-refractivity contribution in [2.45, 2.75) is 24.8 Å². The maximum atomic E-state index is 4.01. The van der Waals surface area contributed by atoms with Gasteiger partial charge in [-0.15, -0.1) is 0 Å². The van der Waals surface area contributed by atoms with E-state index in [1.54, 1.807) is 0 Å². The van der Waals surface area contributed by atoms with Crippen molar-refractivity contribution in [3.63, 3.8) is 0 Å². The molecule has 0 atom stereocenters. The number of hydrogen-bond donors (Lipinski definition) is 3. The van der Waals surface area contributed by atoms with Crippen molar-refractivity contribution >= 4 is 16.6 Å². The number of nitrogens with one attached hydrogen (secondary N) is 3. The van der Waals surface area contributed by atoms with E-state index in [0.717, 1.165) is 32.4 Å². The Hall–Kier alpha value is -3.04. The van der Waals surface area contributed by atoms with Crippen molar-refractivity contribution in [2.75, 3.05) is 18.4 Å². The zero-order chi connectivity index (χ0) is 19.3. The fourth-order valence-electron chi connectivity index (χ4n) is 5.34. The van der Waals surface area contributed by atoms with E-state index in [2.05, 4.69) is 88.4 Å². The van der Waals surface area contributed by atoms with Crippen LogP contribution in [0.1, 0.15) is 29.5 Å². The van der Waals surface area contributed by atoms with Crippen LogP contribution in [0, 0.1) is 0 Å². The largest absolute Gasteiger partial charge is 0.375 e. The summed E-state index contributed by atoms with van der Waals surface area (Å²) < 4.78 is 0. The Balaban J connectivity index is 1.59. The lowest BCUT2D eigenvalue weighted by Gasteiger charge is -2.44. The number of piperidine rings is 1. The number of benzene rings is 3. The molecule has 2 aliphatic heterocycles. The van der Waals surface area contributed by atoms with Gasteiger partial charge in [-0.2, -0.15) is 0 Å². The average Bonchev–Trinajstić information content (AvgIpc) is 3.16.